The Bertz CT molecular complexity index is 950. The van der Waals surface area contributed by atoms with E-state index in [1.165, 1.54) is 16.7 Å². The fourth-order valence-electron chi connectivity index (χ4n) is 3.27. The Morgan fingerprint density at radius 2 is 1.33 bits per heavy atom. The number of benzene rings is 2. The van der Waals surface area contributed by atoms with Crippen LogP contribution in [0.1, 0.15) is 28.7 Å². The van der Waals surface area contributed by atoms with Gasteiger partial charge in [-0.2, -0.15) is 0 Å². The number of carbonyl (C=O) groups excluding carboxylic acids is 2. The average Bonchev–Trinajstić information content (AvgIpc) is 2.65. The lowest BCUT2D eigenvalue weighted by atomic mass is 9.93. The van der Waals surface area contributed by atoms with Crippen LogP contribution in [0, 0.1) is 6.92 Å². The maximum absolute atomic E-state index is 12.0. The van der Waals surface area contributed by atoms with Gasteiger partial charge in [0.05, 0.1) is 0 Å². The van der Waals surface area contributed by atoms with Crippen LogP contribution >= 0.6 is 0 Å². The maximum Gasteiger partial charge on any atom is 0.227 e. The number of aliphatic hydroxyl groups is 2. The van der Waals surface area contributed by atoms with Crippen LogP contribution in [0.15, 0.2) is 71.7 Å². The molecule has 0 atom stereocenters. The van der Waals surface area contributed by atoms with Crippen molar-refractivity contribution in [3.8, 4) is 0 Å². The molecule has 0 spiro atoms. The van der Waals surface area contributed by atoms with Gasteiger partial charge in [0.25, 0.3) is 0 Å². The van der Waals surface area contributed by atoms with Gasteiger partial charge in [0, 0.05) is 11.6 Å². The molecule has 0 fully saturated rings. The molecule has 1 aliphatic rings. The van der Waals surface area contributed by atoms with Crippen molar-refractivity contribution in [1.82, 2.24) is 0 Å². The lowest BCUT2D eigenvalue weighted by Gasteiger charge is -2.13. The Morgan fingerprint density at radius 3 is 1.96 bits per heavy atom. The minimum Gasteiger partial charge on any atom is -0.504 e. The van der Waals surface area contributed by atoms with Gasteiger partial charge in [-0.25, -0.2) is 0 Å². The summed E-state index contributed by atoms with van der Waals surface area (Å²) in [5.41, 5.74) is 4.74. The van der Waals surface area contributed by atoms with Crippen LogP contribution in [0.5, 0.6) is 0 Å². The topological polar surface area (TPSA) is 74.6 Å². The van der Waals surface area contributed by atoms with Gasteiger partial charge in [-0.15, -0.1) is 0 Å². The fraction of sp³-hybridized carbons (Fsp3) is 0.217. The third-order valence-electron chi connectivity index (χ3n) is 4.73. The van der Waals surface area contributed by atoms with Crippen molar-refractivity contribution in [1.29, 1.82) is 0 Å². The monoisotopic (exact) mass is 362 g/mol. The number of Topliss-reactive ketones (excluding diaryl/α,β-unsaturated/α-hetero) is 1. The highest BCUT2D eigenvalue weighted by Gasteiger charge is 2.27. The highest BCUT2D eigenvalue weighted by molar-refractivity contribution is 6.20. The molecule has 4 nitrogen and oxygen atoms in total. The molecule has 0 radical (unpaired) electrons. The Morgan fingerprint density at radius 1 is 0.778 bits per heavy atom. The molecule has 0 aliphatic heterocycles. The summed E-state index contributed by atoms with van der Waals surface area (Å²) in [5, 5.41) is 19.4. The van der Waals surface area contributed by atoms with Crippen molar-refractivity contribution in [2.45, 2.75) is 32.6 Å². The first-order valence-corrected chi connectivity index (χ1v) is 8.99. The molecule has 1 aliphatic carbocycles. The average molecular weight is 362 g/mol. The molecular weight excluding hydrogens is 340 g/mol. The van der Waals surface area contributed by atoms with Crippen LogP contribution in [0.4, 0.5) is 0 Å². The first-order valence-electron chi connectivity index (χ1n) is 8.99. The number of allylic oxidation sites excluding steroid dienone is 2. The quantitative estimate of drug-likeness (QED) is 0.758. The Balaban J connectivity index is 1.65. The van der Waals surface area contributed by atoms with Gasteiger partial charge in [0.2, 0.25) is 11.6 Å². The summed E-state index contributed by atoms with van der Waals surface area (Å²) in [5.74, 6) is -2.58. The molecule has 4 heteroatoms. The van der Waals surface area contributed by atoms with E-state index in [0.29, 0.717) is 6.42 Å². The zero-order chi connectivity index (χ0) is 19.4. The van der Waals surface area contributed by atoms with Crippen LogP contribution in [0.25, 0.3) is 0 Å². The zero-order valence-corrected chi connectivity index (χ0v) is 15.2. The summed E-state index contributed by atoms with van der Waals surface area (Å²) in [4.78, 5) is 23.5. The third-order valence-corrected chi connectivity index (χ3v) is 4.73. The van der Waals surface area contributed by atoms with Crippen LogP contribution in [0.3, 0.4) is 0 Å². The predicted octanol–water partition coefficient (Wildman–Crippen LogP) is 4.12. The molecule has 27 heavy (non-hydrogen) atoms. The van der Waals surface area contributed by atoms with Gasteiger partial charge in [0.1, 0.15) is 0 Å². The van der Waals surface area contributed by atoms with Crippen molar-refractivity contribution in [2.75, 3.05) is 0 Å². The SMILES string of the molecule is Cc1cccc(CCc2cccc(CCC3=C(O)C(=O)C=C(O)C3=O)c2)c1. The number of carbonyl (C=O) groups is 2. The molecule has 0 saturated carbocycles. The maximum atomic E-state index is 12.0. The minimum absolute atomic E-state index is 0.0230. The number of ketones is 2. The standard InChI is InChI=1S/C23H22O4/c1-15-4-2-5-16(12-15)8-9-17-6-3-7-18(13-17)10-11-19-22(26)20(24)14-21(25)23(19)27/h2-7,12-14,24,27H,8-11H2,1H3. The molecule has 138 valence electrons. The molecule has 2 aromatic carbocycles. The highest BCUT2D eigenvalue weighted by atomic mass is 16.3. The number of rotatable bonds is 6. The van der Waals surface area contributed by atoms with Gasteiger partial charge in [0.15, 0.2) is 11.5 Å². The lowest BCUT2D eigenvalue weighted by Crippen LogP contribution is -2.19. The van der Waals surface area contributed by atoms with Crippen molar-refractivity contribution < 1.29 is 19.8 Å². The number of hydrogen-bond acceptors (Lipinski definition) is 4. The van der Waals surface area contributed by atoms with E-state index in [2.05, 4.69) is 43.3 Å². The van der Waals surface area contributed by atoms with Crippen molar-refractivity contribution in [3.05, 3.63) is 94.0 Å². The van der Waals surface area contributed by atoms with Crippen LogP contribution < -0.4 is 0 Å². The fourth-order valence-corrected chi connectivity index (χ4v) is 3.27. The molecule has 0 bridgehead atoms. The van der Waals surface area contributed by atoms with E-state index in [1.54, 1.807) is 0 Å². The van der Waals surface area contributed by atoms with Crippen LogP contribution in [-0.4, -0.2) is 21.8 Å². The van der Waals surface area contributed by atoms with Gasteiger partial charge < -0.3 is 10.2 Å². The molecule has 0 saturated heterocycles. The summed E-state index contributed by atoms with van der Waals surface area (Å²) in [6, 6.07) is 16.5. The molecule has 2 aromatic rings. The van der Waals surface area contributed by atoms with E-state index in [4.69, 9.17) is 0 Å². The highest BCUT2D eigenvalue weighted by Crippen LogP contribution is 2.21. The number of hydrogen-bond donors (Lipinski definition) is 2. The second-order valence-corrected chi connectivity index (χ2v) is 6.86. The summed E-state index contributed by atoms with van der Waals surface area (Å²) in [6.07, 6.45) is 3.32. The van der Waals surface area contributed by atoms with Gasteiger partial charge in [-0.1, -0.05) is 54.1 Å². The van der Waals surface area contributed by atoms with E-state index in [-0.39, 0.29) is 12.0 Å². The largest absolute Gasteiger partial charge is 0.504 e. The van der Waals surface area contributed by atoms with E-state index < -0.39 is 23.1 Å². The summed E-state index contributed by atoms with van der Waals surface area (Å²) >= 11 is 0. The third kappa shape index (κ3) is 4.53. The van der Waals surface area contributed by atoms with E-state index in [0.717, 1.165) is 24.5 Å². The second-order valence-electron chi connectivity index (χ2n) is 6.86. The van der Waals surface area contributed by atoms with Crippen molar-refractivity contribution >= 4 is 11.6 Å². The van der Waals surface area contributed by atoms with Crippen molar-refractivity contribution in [2.24, 2.45) is 0 Å². The molecular formula is C23H22O4. The molecule has 0 aromatic heterocycles. The predicted molar refractivity (Wildman–Crippen MR) is 104 cm³/mol. The zero-order valence-electron chi connectivity index (χ0n) is 15.2. The normalized spacial score (nSPS) is 14.5. The molecule has 2 N–H and O–H groups in total. The molecule has 0 unspecified atom stereocenters. The molecule has 0 heterocycles. The van der Waals surface area contributed by atoms with Gasteiger partial charge in [-0.3, -0.25) is 9.59 Å². The van der Waals surface area contributed by atoms with E-state index >= 15 is 0 Å². The number of aryl methyl sites for hydroxylation is 4. The first-order chi connectivity index (χ1) is 12.9. The van der Waals surface area contributed by atoms with Crippen LogP contribution in [0.2, 0.25) is 0 Å². The smallest absolute Gasteiger partial charge is 0.227 e. The summed E-state index contributed by atoms with van der Waals surface area (Å²) < 4.78 is 0. The minimum atomic E-state index is -0.728. The summed E-state index contributed by atoms with van der Waals surface area (Å²) in [7, 11) is 0. The van der Waals surface area contributed by atoms with Crippen LogP contribution in [-0.2, 0) is 28.9 Å². The Kier molecular flexibility index (Phi) is 5.55. The Hall–Kier alpha value is -3.14. The first kappa shape index (κ1) is 18.6. The van der Waals surface area contributed by atoms with Gasteiger partial charge >= 0.3 is 0 Å². The summed E-state index contributed by atoms with van der Waals surface area (Å²) in [6.45, 7) is 2.08. The number of aliphatic hydroxyl groups excluding tert-OH is 2. The molecule has 0 amide bonds. The van der Waals surface area contributed by atoms with Crippen molar-refractivity contribution in [3.63, 3.8) is 0 Å². The van der Waals surface area contributed by atoms with E-state index in [9.17, 15) is 19.8 Å². The lowest BCUT2D eigenvalue weighted by molar-refractivity contribution is -0.119. The molecule has 3 rings (SSSR count). The van der Waals surface area contributed by atoms with Gasteiger partial charge in [-0.05, 0) is 49.3 Å². The Labute approximate surface area is 158 Å². The second kappa shape index (κ2) is 8.04. The van der Waals surface area contributed by atoms with E-state index in [1.807, 2.05) is 12.1 Å².